The topological polar surface area (TPSA) is 71.2 Å². The number of aromatic nitrogens is 1. The van der Waals surface area contributed by atoms with E-state index in [1.54, 1.807) is 0 Å². The number of anilines is 1. The zero-order valence-electron chi connectivity index (χ0n) is 14.0. The summed E-state index contributed by atoms with van der Waals surface area (Å²) < 4.78 is 0. The first kappa shape index (κ1) is 16.2. The van der Waals surface area contributed by atoms with Crippen molar-refractivity contribution in [1.82, 2.24) is 10.3 Å². The van der Waals surface area contributed by atoms with Crippen LogP contribution in [0, 0.1) is 12.8 Å². The number of carbonyl (C=O) groups is 1. The third-order valence-electron chi connectivity index (χ3n) is 5.22. The molecule has 1 amide bonds. The first-order chi connectivity index (χ1) is 11.1. The minimum absolute atomic E-state index is 0.180. The summed E-state index contributed by atoms with van der Waals surface area (Å²) >= 11 is 0. The second-order valence-corrected chi connectivity index (χ2v) is 7.02. The molecule has 1 aromatic heterocycles. The quantitative estimate of drug-likeness (QED) is 0.891. The zero-order valence-corrected chi connectivity index (χ0v) is 14.0. The number of carbonyl (C=O) groups excluding carboxylic acids is 1. The molecule has 3 N–H and O–H groups in total. The van der Waals surface area contributed by atoms with E-state index in [2.05, 4.69) is 27.3 Å². The summed E-state index contributed by atoms with van der Waals surface area (Å²) in [5, 5.41) is 3.21. The molecule has 1 aromatic rings. The van der Waals surface area contributed by atoms with E-state index in [0.717, 1.165) is 50.3 Å². The molecule has 5 heteroatoms. The average Bonchev–Trinajstić information content (AvgIpc) is 2.93. The van der Waals surface area contributed by atoms with Crippen LogP contribution in [0.25, 0.3) is 0 Å². The minimum Gasteiger partial charge on any atom is -0.356 e. The van der Waals surface area contributed by atoms with Gasteiger partial charge in [0.15, 0.2) is 0 Å². The fourth-order valence-corrected chi connectivity index (χ4v) is 3.80. The molecular formula is C18H28N4O. The highest BCUT2D eigenvalue weighted by molar-refractivity contribution is 5.76. The van der Waals surface area contributed by atoms with Gasteiger partial charge in [-0.05, 0) is 50.7 Å². The lowest BCUT2D eigenvalue weighted by atomic mass is 9.98. The molecule has 126 valence electrons. The molecule has 23 heavy (non-hydrogen) atoms. The molecule has 1 aliphatic carbocycles. The van der Waals surface area contributed by atoms with Gasteiger partial charge in [-0.3, -0.25) is 4.79 Å². The second kappa shape index (κ2) is 7.30. The van der Waals surface area contributed by atoms with Crippen molar-refractivity contribution in [2.75, 3.05) is 18.0 Å². The highest BCUT2D eigenvalue weighted by atomic mass is 16.1. The predicted octanol–water partition coefficient (Wildman–Crippen LogP) is 1.99. The smallest absolute Gasteiger partial charge is 0.220 e. The Morgan fingerprint density at radius 2 is 2.09 bits per heavy atom. The number of nitrogens with two attached hydrogens (primary N) is 1. The fourth-order valence-electron chi connectivity index (χ4n) is 3.80. The maximum absolute atomic E-state index is 12.2. The van der Waals surface area contributed by atoms with Gasteiger partial charge in [0.2, 0.25) is 5.91 Å². The van der Waals surface area contributed by atoms with E-state index < -0.39 is 0 Å². The van der Waals surface area contributed by atoms with Gasteiger partial charge < -0.3 is 16.0 Å². The Labute approximate surface area is 138 Å². The van der Waals surface area contributed by atoms with Gasteiger partial charge in [0.05, 0.1) is 0 Å². The molecule has 0 bridgehead atoms. The van der Waals surface area contributed by atoms with E-state index >= 15 is 0 Å². The van der Waals surface area contributed by atoms with E-state index in [1.165, 1.54) is 6.42 Å². The first-order valence-electron chi connectivity index (χ1n) is 8.85. The van der Waals surface area contributed by atoms with E-state index in [4.69, 9.17) is 5.73 Å². The lowest BCUT2D eigenvalue weighted by Gasteiger charge is -2.33. The van der Waals surface area contributed by atoms with Gasteiger partial charge in [0.25, 0.3) is 0 Å². The molecule has 1 saturated heterocycles. The summed E-state index contributed by atoms with van der Waals surface area (Å²) in [7, 11) is 0. The summed E-state index contributed by atoms with van der Waals surface area (Å²) in [6.45, 7) is 3.92. The van der Waals surface area contributed by atoms with E-state index in [-0.39, 0.29) is 11.9 Å². The molecule has 0 spiro atoms. The van der Waals surface area contributed by atoms with Crippen molar-refractivity contribution in [2.45, 2.75) is 57.5 Å². The number of nitrogens with one attached hydrogen (secondary N) is 1. The van der Waals surface area contributed by atoms with Crippen molar-refractivity contribution >= 4 is 11.7 Å². The van der Waals surface area contributed by atoms with Gasteiger partial charge in [-0.25, -0.2) is 4.98 Å². The highest BCUT2D eigenvalue weighted by Crippen LogP contribution is 2.27. The molecule has 3 rings (SSSR count). The molecule has 0 unspecified atom stereocenters. The van der Waals surface area contributed by atoms with E-state index in [0.29, 0.717) is 18.4 Å². The van der Waals surface area contributed by atoms with Crippen LogP contribution in [0.3, 0.4) is 0 Å². The van der Waals surface area contributed by atoms with Crippen LogP contribution in [-0.4, -0.2) is 36.1 Å². The number of rotatable bonds is 4. The van der Waals surface area contributed by atoms with Gasteiger partial charge in [0.1, 0.15) is 5.82 Å². The summed E-state index contributed by atoms with van der Waals surface area (Å²) in [6.07, 6.45) is 5.91. The molecule has 1 aliphatic heterocycles. The van der Waals surface area contributed by atoms with Crippen molar-refractivity contribution in [1.29, 1.82) is 0 Å². The Hall–Kier alpha value is -1.62. The lowest BCUT2D eigenvalue weighted by Crippen LogP contribution is -2.45. The van der Waals surface area contributed by atoms with Crippen LogP contribution < -0.4 is 16.0 Å². The highest BCUT2D eigenvalue weighted by Gasteiger charge is 2.27. The van der Waals surface area contributed by atoms with Crippen molar-refractivity contribution < 1.29 is 4.79 Å². The number of hydrogen-bond acceptors (Lipinski definition) is 4. The monoisotopic (exact) mass is 316 g/mol. The van der Waals surface area contributed by atoms with Crippen molar-refractivity contribution in [3.05, 3.63) is 23.9 Å². The molecule has 5 nitrogen and oxygen atoms in total. The standard InChI is InChI=1S/C18H28N4O/c1-13-4-2-7-17(20-13)22-10-8-15(9-11-22)21-18(23)12-14-5-3-6-16(14)19/h2,4,7,14-16H,3,5-6,8-12,19H2,1H3,(H,21,23)/t14-,16+/m0/s1. The molecule has 0 radical (unpaired) electrons. The molecule has 2 heterocycles. The van der Waals surface area contributed by atoms with Gasteiger partial charge in [0, 0.05) is 37.3 Å². The average molecular weight is 316 g/mol. The van der Waals surface area contributed by atoms with Crippen molar-refractivity contribution in [3.8, 4) is 0 Å². The first-order valence-corrected chi connectivity index (χ1v) is 8.85. The Morgan fingerprint density at radius 3 is 2.74 bits per heavy atom. The molecule has 1 saturated carbocycles. The number of piperidine rings is 1. The second-order valence-electron chi connectivity index (χ2n) is 7.02. The lowest BCUT2D eigenvalue weighted by molar-refractivity contribution is -0.122. The van der Waals surface area contributed by atoms with Gasteiger partial charge in [-0.1, -0.05) is 12.5 Å². The van der Waals surface area contributed by atoms with E-state index in [1.807, 2.05) is 13.0 Å². The van der Waals surface area contributed by atoms with Crippen molar-refractivity contribution in [3.63, 3.8) is 0 Å². The maximum atomic E-state index is 12.2. The Kier molecular flexibility index (Phi) is 5.16. The van der Waals surface area contributed by atoms with Crippen LogP contribution in [0.5, 0.6) is 0 Å². The van der Waals surface area contributed by atoms with Crippen LogP contribution in [0.15, 0.2) is 18.2 Å². The molecular weight excluding hydrogens is 288 g/mol. The molecule has 0 aromatic carbocycles. The third-order valence-corrected chi connectivity index (χ3v) is 5.22. The Morgan fingerprint density at radius 1 is 1.30 bits per heavy atom. The van der Waals surface area contributed by atoms with Crippen LogP contribution in [0.1, 0.15) is 44.2 Å². The Balaban J connectivity index is 1.44. The molecule has 2 aliphatic rings. The zero-order chi connectivity index (χ0) is 16.2. The maximum Gasteiger partial charge on any atom is 0.220 e. The minimum atomic E-state index is 0.180. The fraction of sp³-hybridized carbons (Fsp3) is 0.667. The summed E-state index contributed by atoms with van der Waals surface area (Å²) in [5.41, 5.74) is 7.11. The predicted molar refractivity (Wildman–Crippen MR) is 92.3 cm³/mol. The van der Waals surface area contributed by atoms with E-state index in [9.17, 15) is 4.79 Å². The van der Waals surface area contributed by atoms with Crippen LogP contribution >= 0.6 is 0 Å². The normalized spacial score (nSPS) is 25.6. The van der Waals surface area contributed by atoms with Crippen LogP contribution in [0.4, 0.5) is 5.82 Å². The molecule has 2 atom stereocenters. The number of amides is 1. The van der Waals surface area contributed by atoms with Gasteiger partial charge in [-0.2, -0.15) is 0 Å². The number of aryl methyl sites for hydroxylation is 1. The summed E-state index contributed by atoms with van der Waals surface area (Å²) in [6, 6.07) is 6.64. The number of nitrogens with zero attached hydrogens (tertiary/aromatic N) is 2. The third kappa shape index (κ3) is 4.22. The number of hydrogen-bond donors (Lipinski definition) is 2. The van der Waals surface area contributed by atoms with Gasteiger partial charge >= 0.3 is 0 Å². The van der Waals surface area contributed by atoms with Gasteiger partial charge in [-0.15, -0.1) is 0 Å². The summed E-state index contributed by atoms with van der Waals surface area (Å²) in [5.74, 6) is 1.61. The van der Waals surface area contributed by atoms with Crippen molar-refractivity contribution in [2.24, 2.45) is 11.7 Å². The largest absolute Gasteiger partial charge is 0.356 e. The van der Waals surface area contributed by atoms with Crippen LogP contribution in [0.2, 0.25) is 0 Å². The number of pyridine rings is 1. The SMILES string of the molecule is Cc1cccc(N2CCC(NC(=O)C[C@@H]3CCC[C@H]3N)CC2)n1. The summed E-state index contributed by atoms with van der Waals surface area (Å²) in [4.78, 5) is 19.1. The molecule has 2 fully saturated rings. The van der Waals surface area contributed by atoms with Crippen LogP contribution in [-0.2, 0) is 4.79 Å². The Bertz CT molecular complexity index is 540.